The van der Waals surface area contributed by atoms with Crippen molar-refractivity contribution < 1.29 is 12.4 Å². The van der Waals surface area contributed by atoms with Gasteiger partial charge in [-0.25, -0.2) is 0 Å². The van der Waals surface area contributed by atoms with Gasteiger partial charge in [0.2, 0.25) is 0 Å². The van der Waals surface area contributed by atoms with Crippen LogP contribution in [0.5, 0.6) is 0 Å². The summed E-state index contributed by atoms with van der Waals surface area (Å²) < 4.78 is 0. The fourth-order valence-corrected chi connectivity index (χ4v) is 3.71. The third-order valence-corrected chi connectivity index (χ3v) is 4.88. The van der Waals surface area contributed by atoms with Gasteiger partial charge in [-0.3, -0.25) is 0 Å². The minimum Gasteiger partial charge on any atom is -1.00 e. The Kier molecular flexibility index (Phi) is 4.60. The SMILES string of the molecule is C[P+]1(CCCl)C=CC=C1.[Cl-]. The molecule has 0 saturated carbocycles. The van der Waals surface area contributed by atoms with Crippen molar-refractivity contribution in [2.24, 2.45) is 0 Å². The molecule has 0 amide bonds. The molecule has 0 N–H and O–H groups in total. The van der Waals surface area contributed by atoms with Crippen LogP contribution in [0.4, 0.5) is 0 Å². The molecular weight excluding hydrogens is 186 g/mol. The van der Waals surface area contributed by atoms with Crippen LogP contribution in [-0.2, 0) is 0 Å². The van der Waals surface area contributed by atoms with Gasteiger partial charge in [-0.2, -0.15) is 0 Å². The summed E-state index contributed by atoms with van der Waals surface area (Å²) in [5, 5.41) is 0. The number of rotatable bonds is 2. The molecular formula is C7H11Cl2P. The number of halogens is 2. The van der Waals surface area contributed by atoms with Gasteiger partial charge in [0, 0.05) is 0 Å². The van der Waals surface area contributed by atoms with Gasteiger partial charge >= 0.3 is 0 Å². The van der Waals surface area contributed by atoms with E-state index in [9.17, 15) is 0 Å². The highest BCUT2D eigenvalue weighted by molar-refractivity contribution is 7.81. The first-order chi connectivity index (χ1) is 4.27. The van der Waals surface area contributed by atoms with Gasteiger partial charge in [-0.15, -0.1) is 11.6 Å². The van der Waals surface area contributed by atoms with Gasteiger partial charge in [0.1, 0.15) is 0 Å². The summed E-state index contributed by atoms with van der Waals surface area (Å²) in [6.45, 7) is 2.30. The van der Waals surface area contributed by atoms with Crippen LogP contribution in [0.2, 0.25) is 0 Å². The highest BCUT2D eigenvalue weighted by atomic mass is 35.5. The maximum absolute atomic E-state index is 5.63. The first-order valence-corrected chi connectivity index (χ1v) is 6.14. The van der Waals surface area contributed by atoms with Crippen molar-refractivity contribution in [3.63, 3.8) is 0 Å². The zero-order valence-electron chi connectivity index (χ0n) is 5.93. The third-order valence-electron chi connectivity index (χ3n) is 1.53. The van der Waals surface area contributed by atoms with Crippen LogP contribution in [-0.4, -0.2) is 18.7 Å². The molecule has 0 aromatic rings. The Morgan fingerprint density at radius 3 is 2.20 bits per heavy atom. The molecule has 0 nitrogen and oxygen atoms in total. The highest BCUT2D eigenvalue weighted by Crippen LogP contribution is 2.60. The van der Waals surface area contributed by atoms with Crippen LogP contribution in [0.3, 0.4) is 0 Å². The Morgan fingerprint density at radius 1 is 1.30 bits per heavy atom. The van der Waals surface area contributed by atoms with Gasteiger partial charge in [0.05, 0.1) is 37.6 Å². The Bertz CT molecular complexity index is 140. The summed E-state index contributed by atoms with van der Waals surface area (Å²) in [4.78, 5) is 0. The molecule has 0 atom stereocenters. The fraction of sp³-hybridized carbons (Fsp3) is 0.429. The second-order valence-corrected chi connectivity index (χ2v) is 6.56. The lowest BCUT2D eigenvalue weighted by molar-refractivity contribution is -0.00000186. The second kappa shape index (κ2) is 4.38. The average molecular weight is 197 g/mol. The predicted molar refractivity (Wildman–Crippen MR) is 46.7 cm³/mol. The maximum Gasteiger partial charge on any atom is 0.0809 e. The van der Waals surface area contributed by atoms with E-state index >= 15 is 0 Å². The zero-order chi connectivity index (χ0) is 6.74. The van der Waals surface area contributed by atoms with Gasteiger partial charge in [0.25, 0.3) is 0 Å². The van der Waals surface area contributed by atoms with E-state index in [-0.39, 0.29) is 12.4 Å². The molecule has 0 spiro atoms. The molecule has 10 heavy (non-hydrogen) atoms. The van der Waals surface area contributed by atoms with Gasteiger partial charge < -0.3 is 12.4 Å². The van der Waals surface area contributed by atoms with E-state index < -0.39 is 7.26 Å². The van der Waals surface area contributed by atoms with Crippen LogP contribution in [0.1, 0.15) is 0 Å². The van der Waals surface area contributed by atoms with Crippen molar-refractivity contribution in [1.82, 2.24) is 0 Å². The largest absolute Gasteiger partial charge is 1.00 e. The van der Waals surface area contributed by atoms with Crippen molar-refractivity contribution in [2.45, 2.75) is 0 Å². The normalized spacial score (nSPS) is 19.0. The maximum atomic E-state index is 5.63. The standard InChI is InChI=1S/C7H11ClP.ClH/c1-9(7-4-8)5-2-3-6-9;/h2-3,5-6H,4,7H2,1H3;1H/q+1;/p-1. The van der Waals surface area contributed by atoms with Crippen molar-refractivity contribution in [3.05, 3.63) is 23.8 Å². The summed E-state index contributed by atoms with van der Waals surface area (Å²) in [7, 11) is -0.813. The van der Waals surface area contributed by atoms with Crippen molar-refractivity contribution in [2.75, 3.05) is 18.7 Å². The van der Waals surface area contributed by atoms with Crippen LogP contribution < -0.4 is 12.4 Å². The van der Waals surface area contributed by atoms with Crippen LogP contribution >= 0.6 is 18.9 Å². The van der Waals surface area contributed by atoms with Crippen molar-refractivity contribution >= 4 is 18.9 Å². The molecule has 0 radical (unpaired) electrons. The summed E-state index contributed by atoms with van der Waals surface area (Å²) in [5.74, 6) is 5.39. The lowest BCUT2D eigenvalue weighted by Gasteiger charge is -2.07. The summed E-state index contributed by atoms with van der Waals surface area (Å²) in [6.07, 6.45) is 5.40. The Balaban J connectivity index is 0.000000810. The molecule has 0 aromatic carbocycles. The summed E-state index contributed by atoms with van der Waals surface area (Å²) >= 11 is 5.63. The minimum absolute atomic E-state index is 0. The smallest absolute Gasteiger partial charge is 0.0809 e. The van der Waals surface area contributed by atoms with E-state index in [1.165, 1.54) is 0 Å². The van der Waals surface area contributed by atoms with Crippen molar-refractivity contribution in [1.29, 1.82) is 0 Å². The van der Waals surface area contributed by atoms with E-state index in [1.807, 2.05) is 0 Å². The number of hydrogen-bond donors (Lipinski definition) is 0. The number of allylic oxidation sites excluding steroid dienone is 2. The predicted octanol–water partition coefficient (Wildman–Crippen LogP) is -0.0824. The Morgan fingerprint density at radius 2 is 1.80 bits per heavy atom. The van der Waals surface area contributed by atoms with E-state index in [2.05, 4.69) is 30.5 Å². The Hall–Kier alpha value is 0.490. The van der Waals surface area contributed by atoms with Crippen molar-refractivity contribution in [3.8, 4) is 0 Å². The Labute approximate surface area is 74.1 Å². The first kappa shape index (κ1) is 10.5. The molecule has 58 valence electrons. The van der Waals surface area contributed by atoms with Gasteiger partial charge in [0.15, 0.2) is 0 Å². The topological polar surface area (TPSA) is 0 Å². The molecule has 0 aromatic heterocycles. The zero-order valence-corrected chi connectivity index (χ0v) is 8.33. The minimum atomic E-state index is -0.813. The van der Waals surface area contributed by atoms with Crippen LogP contribution in [0.25, 0.3) is 0 Å². The monoisotopic (exact) mass is 196 g/mol. The van der Waals surface area contributed by atoms with Gasteiger partial charge in [-0.05, 0) is 12.2 Å². The van der Waals surface area contributed by atoms with Crippen LogP contribution in [0.15, 0.2) is 23.8 Å². The molecule has 0 saturated heterocycles. The molecule has 1 heterocycles. The molecule has 1 aliphatic heterocycles. The molecule has 1 rings (SSSR count). The van der Waals surface area contributed by atoms with Gasteiger partial charge in [-0.1, -0.05) is 0 Å². The van der Waals surface area contributed by atoms with E-state index in [4.69, 9.17) is 11.6 Å². The molecule has 3 heteroatoms. The lowest BCUT2D eigenvalue weighted by atomic mass is 10.6. The van der Waals surface area contributed by atoms with E-state index in [0.717, 1.165) is 12.0 Å². The lowest BCUT2D eigenvalue weighted by Crippen LogP contribution is -3.00. The number of hydrogen-bond acceptors (Lipinski definition) is 0. The molecule has 0 aliphatic carbocycles. The van der Waals surface area contributed by atoms with Crippen LogP contribution in [0, 0.1) is 0 Å². The fourth-order valence-electron chi connectivity index (χ4n) is 0.873. The average Bonchev–Trinajstić information content (AvgIpc) is 2.16. The molecule has 1 aliphatic rings. The van der Waals surface area contributed by atoms with E-state index in [1.54, 1.807) is 0 Å². The summed E-state index contributed by atoms with van der Waals surface area (Å²) in [5.41, 5.74) is 0. The van der Waals surface area contributed by atoms with E-state index in [0.29, 0.717) is 0 Å². The second-order valence-electron chi connectivity index (χ2n) is 2.44. The number of alkyl halides is 1. The third kappa shape index (κ3) is 2.62. The molecule has 0 bridgehead atoms. The first-order valence-electron chi connectivity index (χ1n) is 3.05. The molecule has 0 unspecified atom stereocenters. The molecule has 0 fully saturated rings. The summed E-state index contributed by atoms with van der Waals surface area (Å²) in [6, 6.07) is 0. The highest BCUT2D eigenvalue weighted by Gasteiger charge is 2.26. The quantitative estimate of drug-likeness (QED) is 0.429.